The van der Waals surface area contributed by atoms with Gasteiger partial charge in [-0.2, -0.15) is 4.68 Å². The third-order valence-electron chi connectivity index (χ3n) is 3.99. The Morgan fingerprint density at radius 2 is 2.04 bits per heavy atom. The van der Waals surface area contributed by atoms with Crippen LogP contribution in [0.25, 0.3) is 5.69 Å². The Kier molecular flexibility index (Phi) is 5.20. The number of nitrogens with zero attached hydrogens (tertiary/aromatic N) is 5. The third-order valence-corrected chi connectivity index (χ3v) is 4.89. The first kappa shape index (κ1) is 17.2. The molecule has 0 radical (unpaired) electrons. The van der Waals surface area contributed by atoms with Crippen molar-refractivity contribution in [1.82, 2.24) is 30.4 Å². The lowest BCUT2D eigenvalue weighted by atomic mass is 10.0. The second kappa shape index (κ2) is 7.54. The minimum absolute atomic E-state index is 0.0981. The molecule has 0 bridgehead atoms. The number of likely N-dealkylation sites (N-methyl/N-ethyl adjacent to an activating group) is 1. The fraction of sp³-hybridized carbons (Fsp3) is 0.294. The molecule has 1 N–H and O–H groups in total. The minimum atomic E-state index is -0.125. The fourth-order valence-corrected chi connectivity index (χ4v) is 3.38. The summed E-state index contributed by atoms with van der Waals surface area (Å²) in [5.74, 6) is -0.125. The maximum absolute atomic E-state index is 12.6. The van der Waals surface area contributed by atoms with Crippen LogP contribution < -0.4 is 5.32 Å². The van der Waals surface area contributed by atoms with Crippen LogP contribution in [0.15, 0.2) is 42.0 Å². The molecule has 3 rings (SSSR count). The zero-order chi connectivity index (χ0) is 17.8. The second-order valence-electron chi connectivity index (χ2n) is 5.99. The number of nitrogens with one attached hydrogen (secondary N) is 1. The molecule has 2 heterocycles. The summed E-state index contributed by atoms with van der Waals surface area (Å²) in [5.41, 5.74) is 3.07. The van der Waals surface area contributed by atoms with Crippen LogP contribution in [0.3, 0.4) is 0 Å². The van der Waals surface area contributed by atoms with Gasteiger partial charge in [0, 0.05) is 6.54 Å². The quantitative estimate of drug-likeness (QED) is 0.732. The number of aromatic nitrogens is 4. The van der Waals surface area contributed by atoms with E-state index in [2.05, 4.69) is 56.9 Å². The Morgan fingerprint density at radius 1 is 1.28 bits per heavy atom. The van der Waals surface area contributed by atoms with E-state index in [1.165, 1.54) is 33.5 Å². The van der Waals surface area contributed by atoms with Crippen molar-refractivity contribution in [3.05, 3.63) is 58.0 Å². The van der Waals surface area contributed by atoms with Gasteiger partial charge in [-0.05, 0) is 48.5 Å². The topological polar surface area (TPSA) is 75.9 Å². The number of benzene rings is 1. The van der Waals surface area contributed by atoms with Gasteiger partial charge in [0.2, 0.25) is 0 Å². The Hall–Kier alpha value is -2.58. The number of carbonyl (C=O) groups excluding carboxylic acids is 1. The summed E-state index contributed by atoms with van der Waals surface area (Å²) in [4.78, 5) is 15.3. The van der Waals surface area contributed by atoms with Crippen LogP contribution in [-0.4, -0.2) is 51.7 Å². The van der Waals surface area contributed by atoms with Crippen molar-refractivity contribution >= 4 is 17.2 Å². The molecule has 130 valence electrons. The van der Waals surface area contributed by atoms with Gasteiger partial charge in [-0.25, -0.2) is 0 Å². The van der Waals surface area contributed by atoms with Gasteiger partial charge in [0.15, 0.2) is 0 Å². The van der Waals surface area contributed by atoms with E-state index < -0.39 is 0 Å². The molecule has 1 unspecified atom stereocenters. The van der Waals surface area contributed by atoms with E-state index in [1.807, 2.05) is 25.5 Å². The van der Waals surface area contributed by atoms with Crippen LogP contribution in [0.5, 0.6) is 0 Å². The molecule has 0 spiro atoms. The molecule has 0 saturated carbocycles. The predicted molar refractivity (Wildman–Crippen MR) is 97.0 cm³/mol. The highest BCUT2D eigenvalue weighted by molar-refractivity contribution is 7.12. The highest BCUT2D eigenvalue weighted by Crippen LogP contribution is 2.21. The molecule has 7 nitrogen and oxygen atoms in total. The predicted octanol–water partition coefficient (Wildman–Crippen LogP) is 2.06. The normalized spacial score (nSPS) is 12.3. The molecule has 0 saturated heterocycles. The lowest BCUT2D eigenvalue weighted by molar-refractivity contribution is 0.0946. The molecular formula is C17H20N6OS. The lowest BCUT2D eigenvalue weighted by Gasteiger charge is -2.25. The molecule has 3 aromatic rings. The summed E-state index contributed by atoms with van der Waals surface area (Å²) >= 11 is 1.37. The number of amides is 1. The molecule has 0 aliphatic heterocycles. The Bertz CT molecular complexity index is 825. The highest BCUT2D eigenvalue weighted by atomic mass is 32.1. The molecule has 1 atom stereocenters. The number of thiophene rings is 1. The maximum atomic E-state index is 12.6. The van der Waals surface area contributed by atoms with Gasteiger partial charge >= 0.3 is 0 Å². The first-order valence-corrected chi connectivity index (χ1v) is 8.76. The monoisotopic (exact) mass is 356 g/mol. The molecular weight excluding hydrogens is 336 g/mol. The minimum Gasteiger partial charge on any atom is -0.349 e. The zero-order valence-electron chi connectivity index (χ0n) is 14.4. The van der Waals surface area contributed by atoms with E-state index in [4.69, 9.17) is 0 Å². The van der Waals surface area contributed by atoms with Crippen LogP contribution in [0.4, 0.5) is 0 Å². The van der Waals surface area contributed by atoms with Crippen molar-refractivity contribution in [2.75, 3.05) is 20.6 Å². The SMILES string of the molecule is Cc1ccc(C(CNC(=O)c2sccc2-n2cnnn2)N(C)C)cc1. The first-order valence-electron chi connectivity index (χ1n) is 7.88. The molecule has 0 aliphatic rings. The summed E-state index contributed by atoms with van der Waals surface area (Å²) < 4.78 is 1.49. The molecule has 1 amide bonds. The van der Waals surface area contributed by atoms with Gasteiger partial charge in [-0.15, -0.1) is 16.4 Å². The van der Waals surface area contributed by atoms with E-state index in [0.29, 0.717) is 17.1 Å². The fourth-order valence-electron chi connectivity index (χ4n) is 2.58. The molecule has 0 fully saturated rings. The van der Waals surface area contributed by atoms with Crippen molar-refractivity contribution in [1.29, 1.82) is 0 Å². The van der Waals surface area contributed by atoms with Crippen LogP contribution >= 0.6 is 11.3 Å². The average molecular weight is 356 g/mol. The number of aryl methyl sites for hydroxylation is 1. The van der Waals surface area contributed by atoms with Crippen molar-refractivity contribution in [2.24, 2.45) is 0 Å². The van der Waals surface area contributed by atoms with E-state index in [1.54, 1.807) is 0 Å². The maximum Gasteiger partial charge on any atom is 0.263 e. The second-order valence-corrected chi connectivity index (χ2v) is 6.91. The average Bonchev–Trinajstić information content (AvgIpc) is 3.27. The Balaban J connectivity index is 1.73. The zero-order valence-corrected chi connectivity index (χ0v) is 15.2. The van der Waals surface area contributed by atoms with Crippen LogP contribution in [0, 0.1) is 6.92 Å². The van der Waals surface area contributed by atoms with Crippen molar-refractivity contribution in [3.63, 3.8) is 0 Å². The molecule has 2 aromatic heterocycles. The third kappa shape index (κ3) is 3.92. The Morgan fingerprint density at radius 3 is 2.68 bits per heavy atom. The van der Waals surface area contributed by atoms with Gasteiger partial charge in [-0.1, -0.05) is 29.8 Å². The largest absolute Gasteiger partial charge is 0.349 e. The summed E-state index contributed by atoms with van der Waals surface area (Å²) in [5, 5.41) is 16.0. The summed E-state index contributed by atoms with van der Waals surface area (Å²) in [6, 6.07) is 10.3. The van der Waals surface area contributed by atoms with Crippen molar-refractivity contribution in [2.45, 2.75) is 13.0 Å². The van der Waals surface area contributed by atoms with Gasteiger partial charge < -0.3 is 10.2 Å². The van der Waals surface area contributed by atoms with Crippen LogP contribution in [0.2, 0.25) is 0 Å². The van der Waals surface area contributed by atoms with Crippen LogP contribution in [-0.2, 0) is 0 Å². The van der Waals surface area contributed by atoms with Gasteiger partial charge in [-0.3, -0.25) is 4.79 Å². The Labute approximate surface area is 150 Å². The number of hydrogen-bond acceptors (Lipinski definition) is 6. The van der Waals surface area contributed by atoms with Crippen molar-refractivity contribution < 1.29 is 4.79 Å². The van der Waals surface area contributed by atoms with E-state index in [9.17, 15) is 4.79 Å². The molecule has 1 aromatic carbocycles. The number of hydrogen-bond donors (Lipinski definition) is 1. The molecule has 8 heteroatoms. The van der Waals surface area contributed by atoms with Gasteiger partial charge in [0.1, 0.15) is 11.2 Å². The molecule has 0 aliphatic carbocycles. The number of carbonyl (C=O) groups is 1. The van der Waals surface area contributed by atoms with E-state index >= 15 is 0 Å². The first-order chi connectivity index (χ1) is 12.1. The van der Waals surface area contributed by atoms with Gasteiger partial charge in [0.05, 0.1) is 11.7 Å². The van der Waals surface area contributed by atoms with Crippen LogP contribution in [0.1, 0.15) is 26.8 Å². The summed E-state index contributed by atoms with van der Waals surface area (Å²) in [6.45, 7) is 2.58. The summed E-state index contributed by atoms with van der Waals surface area (Å²) in [7, 11) is 4.02. The number of tetrazole rings is 1. The number of rotatable bonds is 6. The highest BCUT2D eigenvalue weighted by Gasteiger charge is 2.19. The standard InChI is InChI=1S/C17H20N6OS/c1-12-4-6-13(7-5-12)15(22(2)3)10-18-17(24)16-14(8-9-25-16)23-11-19-20-21-23/h4-9,11,15H,10H2,1-3H3,(H,18,24). The van der Waals surface area contributed by atoms with Gasteiger partial charge in [0.25, 0.3) is 5.91 Å². The van der Waals surface area contributed by atoms with Crippen molar-refractivity contribution in [3.8, 4) is 5.69 Å². The van der Waals surface area contributed by atoms with E-state index in [0.717, 1.165) is 0 Å². The summed E-state index contributed by atoms with van der Waals surface area (Å²) in [6.07, 6.45) is 1.48. The molecule has 25 heavy (non-hydrogen) atoms. The smallest absolute Gasteiger partial charge is 0.263 e. The lowest BCUT2D eigenvalue weighted by Crippen LogP contribution is -2.34. The van der Waals surface area contributed by atoms with E-state index in [-0.39, 0.29) is 11.9 Å².